The Hall–Kier alpha value is -0.600. The number of nitrogens with zero attached hydrogens (tertiary/aromatic N) is 2. The minimum atomic E-state index is 0.211. The van der Waals surface area contributed by atoms with E-state index in [0.29, 0.717) is 16.1 Å². The number of hydrogen-bond acceptors (Lipinski definition) is 2. The highest BCUT2D eigenvalue weighted by Gasteiger charge is 2.01. The van der Waals surface area contributed by atoms with E-state index in [1.54, 1.807) is 18.2 Å². The summed E-state index contributed by atoms with van der Waals surface area (Å²) in [5, 5.41) is 0.962. The summed E-state index contributed by atoms with van der Waals surface area (Å²) in [6.07, 6.45) is 0. The molecule has 0 aromatic carbocycles. The van der Waals surface area contributed by atoms with E-state index in [0.717, 1.165) is 0 Å². The van der Waals surface area contributed by atoms with Gasteiger partial charge in [-0.2, -0.15) is 0 Å². The predicted molar refractivity (Wildman–Crippen MR) is 57.0 cm³/mol. The van der Waals surface area contributed by atoms with Crippen LogP contribution in [0.15, 0.2) is 23.2 Å². The Morgan fingerprint density at radius 3 is 2.69 bits per heavy atom. The molecule has 0 aliphatic rings. The third-order valence-corrected chi connectivity index (χ3v) is 2.13. The fourth-order valence-electron chi connectivity index (χ4n) is 0.698. The predicted octanol–water partition coefficient (Wildman–Crippen LogP) is 3.66. The maximum absolute atomic E-state index is 5.87. The largest absolute Gasteiger partial charge is 0.221 e. The Labute approximate surface area is 87.6 Å². The van der Waals surface area contributed by atoms with Gasteiger partial charge in [0.2, 0.25) is 0 Å². The Morgan fingerprint density at radius 1 is 1.46 bits per heavy atom. The van der Waals surface area contributed by atoms with E-state index in [1.165, 1.54) is 0 Å². The second-order valence-corrected chi connectivity index (χ2v) is 3.68. The first-order valence-electron chi connectivity index (χ1n) is 3.96. The summed E-state index contributed by atoms with van der Waals surface area (Å²) in [7, 11) is 0. The van der Waals surface area contributed by atoms with Crippen LogP contribution in [0, 0.1) is 5.92 Å². The number of pyridine rings is 1. The number of aromatic nitrogens is 1. The van der Waals surface area contributed by atoms with Crippen LogP contribution in [0.2, 0.25) is 5.15 Å². The van der Waals surface area contributed by atoms with Crippen molar-refractivity contribution in [3.63, 3.8) is 0 Å². The monoisotopic (exact) mass is 216 g/mol. The minimum absolute atomic E-state index is 0.211. The number of rotatable bonds is 2. The molecule has 2 nitrogen and oxygen atoms in total. The Kier molecular flexibility index (Phi) is 3.70. The van der Waals surface area contributed by atoms with Gasteiger partial charge in [0.25, 0.3) is 0 Å². The summed E-state index contributed by atoms with van der Waals surface area (Å²) in [6.45, 7) is 3.94. The van der Waals surface area contributed by atoms with E-state index in [1.807, 2.05) is 13.8 Å². The molecular weight excluding hydrogens is 207 g/mol. The van der Waals surface area contributed by atoms with E-state index in [9.17, 15) is 0 Å². The molecule has 4 heteroatoms. The molecule has 0 atom stereocenters. The molecule has 1 aromatic rings. The lowest BCUT2D eigenvalue weighted by molar-refractivity contribution is 0.898. The molecule has 0 aliphatic heterocycles. The van der Waals surface area contributed by atoms with Crippen LogP contribution in [0.4, 0.5) is 5.82 Å². The van der Waals surface area contributed by atoms with Crippen molar-refractivity contribution in [3.8, 4) is 0 Å². The zero-order valence-corrected chi connectivity index (χ0v) is 8.97. The fraction of sp³-hybridized carbons (Fsp3) is 0.333. The van der Waals surface area contributed by atoms with Crippen molar-refractivity contribution in [3.05, 3.63) is 23.4 Å². The summed E-state index contributed by atoms with van der Waals surface area (Å²) in [4.78, 5) is 8.09. The van der Waals surface area contributed by atoms with Gasteiger partial charge in [-0.25, -0.2) is 9.98 Å². The summed E-state index contributed by atoms with van der Waals surface area (Å²) < 4.78 is 0. The lowest BCUT2D eigenvalue weighted by atomic mass is 10.2. The van der Waals surface area contributed by atoms with Gasteiger partial charge in [-0.1, -0.05) is 43.1 Å². The number of aliphatic imine (C=N–C) groups is 1. The van der Waals surface area contributed by atoms with Crippen LogP contribution in [0.25, 0.3) is 0 Å². The maximum atomic E-state index is 5.87. The molecule has 13 heavy (non-hydrogen) atoms. The van der Waals surface area contributed by atoms with Crippen LogP contribution in [0.3, 0.4) is 0 Å². The summed E-state index contributed by atoms with van der Waals surface area (Å²) in [5.74, 6) is 0.758. The second-order valence-electron chi connectivity index (χ2n) is 2.91. The number of halogens is 2. The highest BCUT2D eigenvalue weighted by molar-refractivity contribution is 6.66. The lowest BCUT2D eigenvalue weighted by Crippen LogP contribution is -1.97. The van der Waals surface area contributed by atoms with Crippen molar-refractivity contribution in [1.29, 1.82) is 0 Å². The van der Waals surface area contributed by atoms with E-state index in [2.05, 4.69) is 9.98 Å². The maximum Gasteiger partial charge on any atom is 0.154 e. The first-order chi connectivity index (χ1) is 6.09. The first kappa shape index (κ1) is 10.5. The molecule has 0 radical (unpaired) electrons. The third-order valence-electron chi connectivity index (χ3n) is 1.40. The van der Waals surface area contributed by atoms with Gasteiger partial charge in [-0.05, 0) is 12.1 Å². The number of hydrogen-bond donors (Lipinski definition) is 0. The van der Waals surface area contributed by atoms with Crippen molar-refractivity contribution in [1.82, 2.24) is 4.98 Å². The lowest BCUT2D eigenvalue weighted by Gasteiger charge is -2.00. The highest BCUT2D eigenvalue weighted by atomic mass is 35.5. The van der Waals surface area contributed by atoms with Gasteiger partial charge >= 0.3 is 0 Å². The van der Waals surface area contributed by atoms with Gasteiger partial charge in [0.15, 0.2) is 5.82 Å². The molecular formula is C9H10Cl2N2. The molecule has 0 bridgehead atoms. The molecule has 1 rings (SSSR count). The van der Waals surface area contributed by atoms with Crippen LogP contribution in [0.1, 0.15) is 13.8 Å². The Morgan fingerprint density at radius 2 is 2.15 bits per heavy atom. The van der Waals surface area contributed by atoms with Crippen molar-refractivity contribution in [2.45, 2.75) is 13.8 Å². The molecule has 0 amide bonds. The van der Waals surface area contributed by atoms with Gasteiger partial charge in [-0.3, -0.25) is 0 Å². The van der Waals surface area contributed by atoms with Crippen LogP contribution < -0.4 is 0 Å². The van der Waals surface area contributed by atoms with Crippen molar-refractivity contribution in [2.75, 3.05) is 0 Å². The molecule has 0 fully saturated rings. The van der Waals surface area contributed by atoms with Gasteiger partial charge in [-0.15, -0.1) is 0 Å². The third kappa shape index (κ3) is 3.33. The van der Waals surface area contributed by atoms with Crippen molar-refractivity contribution >= 4 is 34.2 Å². The molecule has 0 aliphatic carbocycles. The fourth-order valence-corrected chi connectivity index (χ4v) is 0.944. The molecule has 1 aromatic heterocycles. The first-order valence-corrected chi connectivity index (χ1v) is 4.72. The van der Waals surface area contributed by atoms with E-state index in [-0.39, 0.29) is 5.92 Å². The van der Waals surface area contributed by atoms with Gasteiger partial charge in [0.05, 0.1) is 0 Å². The zero-order valence-electron chi connectivity index (χ0n) is 7.46. The molecule has 0 saturated heterocycles. The van der Waals surface area contributed by atoms with Crippen LogP contribution >= 0.6 is 23.2 Å². The molecule has 0 spiro atoms. The van der Waals surface area contributed by atoms with E-state index < -0.39 is 0 Å². The standard InChI is InChI=1S/C9H10Cl2N2/c1-6(2)9(11)13-8-5-3-4-7(10)12-8/h3-6H,1-2H3. The average molecular weight is 217 g/mol. The van der Waals surface area contributed by atoms with Crippen LogP contribution in [-0.4, -0.2) is 10.2 Å². The smallest absolute Gasteiger partial charge is 0.154 e. The van der Waals surface area contributed by atoms with Crippen molar-refractivity contribution < 1.29 is 0 Å². The summed E-state index contributed by atoms with van der Waals surface area (Å²) in [5.41, 5.74) is 0. The molecule has 0 unspecified atom stereocenters. The highest BCUT2D eigenvalue weighted by Crippen LogP contribution is 2.15. The molecule has 70 valence electrons. The van der Waals surface area contributed by atoms with Crippen molar-refractivity contribution in [2.24, 2.45) is 10.9 Å². The van der Waals surface area contributed by atoms with Gasteiger partial charge in [0, 0.05) is 5.92 Å². The average Bonchev–Trinajstić information content (AvgIpc) is 2.04. The zero-order chi connectivity index (χ0) is 9.84. The normalized spacial score (nSPS) is 12.2. The minimum Gasteiger partial charge on any atom is -0.221 e. The van der Waals surface area contributed by atoms with Gasteiger partial charge in [0.1, 0.15) is 10.3 Å². The summed E-state index contributed by atoms with van der Waals surface area (Å²) in [6, 6.07) is 5.25. The van der Waals surface area contributed by atoms with Crippen LogP contribution in [0.5, 0.6) is 0 Å². The second kappa shape index (κ2) is 4.58. The van der Waals surface area contributed by atoms with E-state index >= 15 is 0 Å². The molecule has 1 heterocycles. The Bertz CT molecular complexity index is 321. The Balaban J connectivity index is 2.91. The van der Waals surface area contributed by atoms with Crippen LogP contribution in [-0.2, 0) is 0 Å². The molecule has 0 saturated carbocycles. The molecule has 0 N–H and O–H groups in total. The SMILES string of the molecule is CC(C)C(Cl)=Nc1cccc(Cl)n1. The summed E-state index contributed by atoms with van der Waals surface area (Å²) >= 11 is 11.6. The van der Waals surface area contributed by atoms with E-state index in [4.69, 9.17) is 23.2 Å². The topological polar surface area (TPSA) is 25.2 Å². The van der Waals surface area contributed by atoms with Gasteiger partial charge < -0.3 is 0 Å². The quantitative estimate of drug-likeness (QED) is 0.548.